The summed E-state index contributed by atoms with van der Waals surface area (Å²) in [5.41, 5.74) is -0.638. The summed E-state index contributed by atoms with van der Waals surface area (Å²) < 4.78 is 0. The van der Waals surface area contributed by atoms with E-state index in [1.54, 1.807) is 4.90 Å². The summed E-state index contributed by atoms with van der Waals surface area (Å²) in [6.07, 6.45) is 13.9. The Kier molecular flexibility index (Phi) is 11.7. The van der Waals surface area contributed by atoms with Crippen molar-refractivity contribution in [3.05, 3.63) is 24.3 Å². The zero-order valence-corrected chi connectivity index (χ0v) is 29.3. The van der Waals surface area contributed by atoms with Crippen LogP contribution in [0.15, 0.2) is 18.6 Å². The first-order chi connectivity index (χ1) is 23.4. The molecule has 0 bridgehead atoms. The highest BCUT2D eigenvalue weighted by Gasteiger charge is 2.52. The van der Waals surface area contributed by atoms with Crippen LogP contribution in [0.25, 0.3) is 0 Å². The van der Waals surface area contributed by atoms with E-state index in [0.29, 0.717) is 19.4 Å². The van der Waals surface area contributed by atoms with Crippen molar-refractivity contribution in [2.24, 2.45) is 23.2 Å². The first kappa shape index (κ1) is 36.4. The van der Waals surface area contributed by atoms with Gasteiger partial charge in [0.1, 0.15) is 23.8 Å². The molecular weight excluding hydrogens is 626 g/mol. The normalized spacial score (nSPS) is 24.2. The minimum Gasteiger partial charge on any atom is -0.347 e. The third kappa shape index (κ3) is 8.83. The number of aromatic nitrogens is 2. The SMILES string of the molecule is CCC[C@H](NC(=O)[C@@H]1[C@H]2CCC[C@H]2CN1C(=O)C(NC(=O)[C@H](NC(=O)c1cnccn1)C1CCCCC1)C(C)(C)C)C(=O)C(=O)NC1CC1. The van der Waals surface area contributed by atoms with Crippen molar-refractivity contribution in [2.45, 2.75) is 135 Å². The van der Waals surface area contributed by atoms with Crippen LogP contribution in [0.3, 0.4) is 0 Å². The van der Waals surface area contributed by atoms with Crippen LogP contribution in [0.5, 0.6) is 0 Å². The summed E-state index contributed by atoms with van der Waals surface area (Å²) in [7, 11) is 0. The molecule has 0 radical (unpaired) electrons. The Morgan fingerprint density at radius 3 is 2.27 bits per heavy atom. The van der Waals surface area contributed by atoms with Crippen LogP contribution in [-0.4, -0.2) is 86.9 Å². The van der Waals surface area contributed by atoms with E-state index in [1.807, 2.05) is 27.7 Å². The van der Waals surface area contributed by atoms with Gasteiger partial charge in [0.05, 0.1) is 12.2 Å². The van der Waals surface area contributed by atoms with E-state index in [9.17, 15) is 28.8 Å². The zero-order valence-electron chi connectivity index (χ0n) is 29.3. The Bertz CT molecular complexity index is 1390. The Balaban J connectivity index is 1.36. The van der Waals surface area contributed by atoms with E-state index in [0.717, 1.165) is 64.2 Å². The molecule has 4 N–H and O–H groups in total. The van der Waals surface area contributed by atoms with Gasteiger partial charge in [0, 0.05) is 25.0 Å². The van der Waals surface area contributed by atoms with Gasteiger partial charge in [0.15, 0.2) is 0 Å². The molecule has 49 heavy (non-hydrogen) atoms. The van der Waals surface area contributed by atoms with Crippen LogP contribution >= 0.6 is 0 Å². The first-order valence-electron chi connectivity index (χ1n) is 18.2. The fraction of sp³-hybridized carbons (Fsp3) is 0.722. The van der Waals surface area contributed by atoms with Crippen LogP contribution in [0.2, 0.25) is 0 Å². The lowest BCUT2D eigenvalue weighted by Crippen LogP contribution is -2.62. The monoisotopic (exact) mass is 679 g/mol. The molecule has 5 rings (SSSR count). The lowest BCUT2D eigenvalue weighted by Gasteiger charge is -2.38. The van der Waals surface area contributed by atoms with Gasteiger partial charge >= 0.3 is 0 Å². The standard InChI is InChI=1S/C36H53N7O6/c1-5-10-25(29(44)34(48)39-23-15-16-23)40-33(47)28-24-14-9-13-22(24)20-43(28)35(49)30(36(2,3)4)42-32(46)27(21-11-7-6-8-12-21)41-31(45)26-19-37-17-18-38-26/h17-19,21-25,27-28,30H,5-16,20H2,1-4H3,(H,39,48)(H,40,47)(H,41,45)(H,42,46)/t22-,24-,25-,27+,28-,30?/m0/s1. The molecule has 2 heterocycles. The van der Waals surface area contributed by atoms with Crippen LogP contribution in [0.1, 0.15) is 115 Å². The van der Waals surface area contributed by atoms with Crippen LogP contribution in [0, 0.1) is 23.2 Å². The quantitative estimate of drug-likeness (QED) is 0.230. The maximum Gasteiger partial charge on any atom is 0.289 e. The molecular formula is C36H53N7O6. The first-order valence-corrected chi connectivity index (χ1v) is 18.2. The van der Waals surface area contributed by atoms with Crippen LogP contribution < -0.4 is 21.3 Å². The van der Waals surface area contributed by atoms with E-state index < -0.39 is 59.0 Å². The second-order valence-electron chi connectivity index (χ2n) is 15.5. The smallest absolute Gasteiger partial charge is 0.289 e. The molecule has 4 aliphatic rings. The molecule has 6 atom stereocenters. The fourth-order valence-electron chi connectivity index (χ4n) is 7.87. The van der Waals surface area contributed by atoms with Gasteiger partial charge in [-0.05, 0) is 68.1 Å². The van der Waals surface area contributed by atoms with E-state index >= 15 is 0 Å². The Morgan fingerprint density at radius 2 is 1.63 bits per heavy atom. The maximum atomic E-state index is 14.6. The number of fused-ring (bicyclic) bond motifs is 1. The molecule has 0 spiro atoms. The molecule has 4 fully saturated rings. The van der Waals surface area contributed by atoms with Gasteiger partial charge in [-0.25, -0.2) is 4.98 Å². The molecule has 0 aromatic carbocycles. The average molecular weight is 680 g/mol. The molecule has 13 heteroatoms. The van der Waals surface area contributed by atoms with Crippen LogP contribution in [0.4, 0.5) is 0 Å². The summed E-state index contributed by atoms with van der Waals surface area (Å²) in [6.45, 7) is 7.85. The molecule has 13 nitrogen and oxygen atoms in total. The predicted octanol–water partition coefficient (Wildman–Crippen LogP) is 2.45. The number of carbonyl (C=O) groups excluding carboxylic acids is 6. The van der Waals surface area contributed by atoms with E-state index in [1.165, 1.54) is 18.6 Å². The molecule has 1 saturated heterocycles. The van der Waals surface area contributed by atoms with Crippen molar-refractivity contribution in [2.75, 3.05) is 6.54 Å². The maximum absolute atomic E-state index is 14.6. The van der Waals surface area contributed by atoms with Gasteiger partial charge in [-0.15, -0.1) is 0 Å². The van der Waals surface area contributed by atoms with Gasteiger partial charge in [-0.1, -0.05) is 59.8 Å². The Hall–Kier alpha value is -3.90. The molecule has 5 amide bonds. The average Bonchev–Trinajstić information content (AvgIpc) is 3.65. The minimum absolute atomic E-state index is 0.0132. The lowest BCUT2D eigenvalue weighted by molar-refractivity contribution is -0.146. The van der Waals surface area contributed by atoms with Crippen LogP contribution in [-0.2, 0) is 24.0 Å². The summed E-state index contributed by atoms with van der Waals surface area (Å²) in [6, 6.07) is -3.68. The molecule has 1 aromatic heterocycles. The zero-order chi connectivity index (χ0) is 35.3. The number of nitrogens with zero attached hydrogens (tertiary/aromatic N) is 3. The number of ketones is 1. The summed E-state index contributed by atoms with van der Waals surface area (Å²) in [4.78, 5) is 91.4. The largest absolute Gasteiger partial charge is 0.347 e. The number of amides is 5. The van der Waals surface area contributed by atoms with Crippen molar-refractivity contribution in [3.63, 3.8) is 0 Å². The number of rotatable bonds is 13. The highest BCUT2D eigenvalue weighted by Crippen LogP contribution is 2.43. The predicted molar refractivity (Wildman–Crippen MR) is 181 cm³/mol. The lowest BCUT2D eigenvalue weighted by atomic mass is 9.82. The molecule has 3 saturated carbocycles. The van der Waals surface area contributed by atoms with E-state index in [4.69, 9.17) is 0 Å². The van der Waals surface area contributed by atoms with Gasteiger partial charge in [0.25, 0.3) is 11.8 Å². The van der Waals surface area contributed by atoms with Crippen molar-refractivity contribution in [3.8, 4) is 0 Å². The number of hydrogen-bond donors (Lipinski definition) is 4. The third-order valence-electron chi connectivity index (χ3n) is 10.7. The molecule has 1 unspecified atom stereocenters. The topological polar surface area (TPSA) is 180 Å². The summed E-state index contributed by atoms with van der Waals surface area (Å²) in [5.74, 6) is -3.20. The van der Waals surface area contributed by atoms with E-state index in [2.05, 4.69) is 31.2 Å². The van der Waals surface area contributed by atoms with Gasteiger partial charge in [-0.3, -0.25) is 33.8 Å². The Morgan fingerprint density at radius 1 is 0.898 bits per heavy atom. The number of Topliss-reactive ketones (excluding diaryl/α,β-unsaturated/α-hetero) is 1. The fourth-order valence-corrected chi connectivity index (χ4v) is 7.87. The highest BCUT2D eigenvalue weighted by molar-refractivity contribution is 6.38. The van der Waals surface area contributed by atoms with Crippen molar-refractivity contribution in [1.29, 1.82) is 0 Å². The van der Waals surface area contributed by atoms with Crippen molar-refractivity contribution in [1.82, 2.24) is 36.1 Å². The minimum atomic E-state index is -0.994. The van der Waals surface area contributed by atoms with E-state index in [-0.39, 0.29) is 35.4 Å². The molecule has 1 aromatic rings. The second kappa shape index (κ2) is 15.8. The van der Waals surface area contributed by atoms with Gasteiger partial charge in [0.2, 0.25) is 23.5 Å². The molecule has 1 aliphatic heterocycles. The van der Waals surface area contributed by atoms with Gasteiger partial charge < -0.3 is 26.2 Å². The number of likely N-dealkylation sites (tertiary alicyclic amines) is 1. The Labute approximate surface area is 288 Å². The third-order valence-corrected chi connectivity index (χ3v) is 10.7. The molecule has 268 valence electrons. The summed E-state index contributed by atoms with van der Waals surface area (Å²) in [5, 5.41) is 11.5. The number of carbonyl (C=O) groups is 6. The highest BCUT2D eigenvalue weighted by atomic mass is 16.2. The summed E-state index contributed by atoms with van der Waals surface area (Å²) >= 11 is 0. The number of hydrogen-bond acceptors (Lipinski definition) is 8. The number of nitrogens with one attached hydrogen (secondary N) is 4. The molecule has 3 aliphatic carbocycles. The van der Waals surface area contributed by atoms with Gasteiger partial charge in [-0.2, -0.15) is 0 Å². The van der Waals surface area contributed by atoms with Crippen molar-refractivity contribution >= 4 is 35.3 Å². The van der Waals surface area contributed by atoms with Crippen molar-refractivity contribution < 1.29 is 28.8 Å². The second-order valence-corrected chi connectivity index (χ2v) is 15.5.